The summed E-state index contributed by atoms with van der Waals surface area (Å²) in [6, 6.07) is 13.4. The summed E-state index contributed by atoms with van der Waals surface area (Å²) in [5.41, 5.74) is 2.83. The van der Waals surface area contributed by atoms with Crippen LogP contribution in [0.2, 0.25) is 0 Å². The fraction of sp³-hybridized carbons (Fsp3) is 0.227. The van der Waals surface area contributed by atoms with Crippen molar-refractivity contribution >= 4 is 34.5 Å². The van der Waals surface area contributed by atoms with E-state index in [9.17, 15) is 14.0 Å². The van der Waals surface area contributed by atoms with Gasteiger partial charge < -0.3 is 10.2 Å². The molecule has 1 aromatic heterocycles. The molecule has 1 saturated heterocycles. The Morgan fingerprint density at radius 3 is 2.69 bits per heavy atom. The van der Waals surface area contributed by atoms with Crippen molar-refractivity contribution in [1.29, 1.82) is 0 Å². The van der Waals surface area contributed by atoms with Crippen LogP contribution in [0.1, 0.15) is 22.7 Å². The zero-order valence-corrected chi connectivity index (χ0v) is 16.8. The molecule has 1 aliphatic heterocycles. The summed E-state index contributed by atoms with van der Waals surface area (Å²) in [4.78, 5) is 32.0. The molecule has 2 aromatic carbocycles. The van der Waals surface area contributed by atoms with Crippen molar-refractivity contribution in [3.63, 3.8) is 0 Å². The average Bonchev–Trinajstić information content (AvgIpc) is 3.28. The van der Waals surface area contributed by atoms with Gasteiger partial charge in [0.1, 0.15) is 5.82 Å². The summed E-state index contributed by atoms with van der Waals surface area (Å²) < 4.78 is 13.2. The number of nitrogens with zero attached hydrogens (tertiary/aromatic N) is 2. The van der Waals surface area contributed by atoms with E-state index in [0.29, 0.717) is 24.3 Å². The lowest BCUT2D eigenvalue weighted by Gasteiger charge is -2.20. The van der Waals surface area contributed by atoms with Crippen molar-refractivity contribution in [1.82, 2.24) is 4.98 Å². The quantitative estimate of drug-likeness (QED) is 0.672. The molecule has 0 unspecified atom stereocenters. The van der Waals surface area contributed by atoms with Crippen LogP contribution in [-0.2, 0) is 16.0 Å². The molecule has 5 nitrogen and oxygen atoms in total. The van der Waals surface area contributed by atoms with Gasteiger partial charge in [-0.2, -0.15) is 0 Å². The van der Waals surface area contributed by atoms with Crippen LogP contribution < -0.4 is 10.2 Å². The normalized spacial score (nSPS) is 13.7. The van der Waals surface area contributed by atoms with Crippen molar-refractivity contribution < 1.29 is 14.0 Å². The number of carbonyl (C=O) groups excluding carboxylic acids is 2. The predicted octanol–water partition coefficient (Wildman–Crippen LogP) is 4.57. The van der Waals surface area contributed by atoms with E-state index in [-0.39, 0.29) is 24.1 Å². The number of benzene rings is 2. The first-order valence-electron chi connectivity index (χ1n) is 9.43. The second-order valence-corrected chi connectivity index (χ2v) is 8.19. The van der Waals surface area contributed by atoms with Crippen LogP contribution >= 0.6 is 11.3 Å². The number of thiazole rings is 1. The van der Waals surface area contributed by atoms with Crippen LogP contribution in [0.15, 0.2) is 48.5 Å². The number of anilines is 2. The topological polar surface area (TPSA) is 62.3 Å². The van der Waals surface area contributed by atoms with Crippen LogP contribution in [0, 0.1) is 12.7 Å². The lowest BCUT2D eigenvalue weighted by atomic mass is 10.1. The van der Waals surface area contributed by atoms with Crippen molar-refractivity contribution in [2.45, 2.75) is 26.2 Å². The molecule has 3 aromatic rings. The molecule has 1 aliphatic rings. The predicted molar refractivity (Wildman–Crippen MR) is 113 cm³/mol. The Bertz CT molecular complexity index is 1060. The Kier molecular flexibility index (Phi) is 5.40. The highest BCUT2D eigenvalue weighted by molar-refractivity contribution is 7.12. The highest BCUT2D eigenvalue weighted by Gasteiger charge is 2.24. The third-order valence-corrected chi connectivity index (χ3v) is 5.76. The SMILES string of the molecule is Cc1nc(-c2ccc(F)cc2)c(CC(=O)Nc2ccccc2N2CCCC2=O)s1. The molecule has 0 spiro atoms. The summed E-state index contributed by atoms with van der Waals surface area (Å²) in [6.07, 6.45) is 1.51. The summed E-state index contributed by atoms with van der Waals surface area (Å²) in [5, 5.41) is 3.78. The Hall–Kier alpha value is -3.06. The maximum Gasteiger partial charge on any atom is 0.229 e. The Labute approximate surface area is 172 Å². The van der Waals surface area contributed by atoms with Gasteiger partial charge in [-0.15, -0.1) is 11.3 Å². The van der Waals surface area contributed by atoms with Gasteiger partial charge >= 0.3 is 0 Å². The summed E-state index contributed by atoms with van der Waals surface area (Å²) in [6.45, 7) is 2.54. The molecular weight excluding hydrogens is 389 g/mol. The molecule has 0 saturated carbocycles. The summed E-state index contributed by atoms with van der Waals surface area (Å²) in [5.74, 6) is -0.424. The number of aromatic nitrogens is 1. The first-order chi connectivity index (χ1) is 14.0. The minimum absolute atomic E-state index is 0.0726. The average molecular weight is 409 g/mol. The molecule has 1 N–H and O–H groups in total. The van der Waals surface area contributed by atoms with Gasteiger partial charge in [0, 0.05) is 23.4 Å². The van der Waals surface area contributed by atoms with Gasteiger partial charge in [-0.3, -0.25) is 9.59 Å². The zero-order chi connectivity index (χ0) is 20.4. The number of hydrogen-bond acceptors (Lipinski definition) is 4. The molecule has 2 heterocycles. The van der Waals surface area contributed by atoms with Gasteiger partial charge in [0.15, 0.2) is 0 Å². The van der Waals surface area contributed by atoms with Crippen LogP contribution in [0.5, 0.6) is 0 Å². The standard InChI is InChI=1S/C22H20FN3O2S/c1-14-24-22(15-8-10-16(23)11-9-15)19(29-14)13-20(27)25-17-5-2-3-6-18(17)26-12-4-7-21(26)28/h2-3,5-6,8-11H,4,7,12-13H2,1H3,(H,25,27). The number of rotatable bonds is 5. The number of aryl methyl sites for hydroxylation is 1. The monoisotopic (exact) mass is 409 g/mol. The Balaban J connectivity index is 1.55. The molecule has 148 valence electrons. The van der Waals surface area contributed by atoms with Gasteiger partial charge in [0.25, 0.3) is 0 Å². The van der Waals surface area contributed by atoms with Crippen molar-refractivity contribution in [3.8, 4) is 11.3 Å². The first kappa shape index (κ1) is 19.3. The Morgan fingerprint density at radius 1 is 1.21 bits per heavy atom. The second kappa shape index (κ2) is 8.13. The highest BCUT2D eigenvalue weighted by Crippen LogP contribution is 2.31. The third-order valence-electron chi connectivity index (χ3n) is 4.79. The lowest BCUT2D eigenvalue weighted by molar-refractivity contribution is -0.117. The molecule has 1 fully saturated rings. The smallest absolute Gasteiger partial charge is 0.229 e. The minimum Gasteiger partial charge on any atom is -0.324 e. The number of carbonyl (C=O) groups is 2. The van der Waals surface area contributed by atoms with Gasteiger partial charge in [0.05, 0.1) is 28.5 Å². The second-order valence-electron chi connectivity index (χ2n) is 6.90. The number of amides is 2. The van der Waals surface area contributed by atoms with E-state index in [2.05, 4.69) is 10.3 Å². The number of hydrogen-bond donors (Lipinski definition) is 1. The first-order valence-corrected chi connectivity index (χ1v) is 10.2. The van der Waals surface area contributed by atoms with Crippen molar-refractivity contribution in [3.05, 3.63) is 64.2 Å². The molecular formula is C22H20FN3O2S. The summed E-state index contributed by atoms with van der Waals surface area (Å²) >= 11 is 1.45. The van der Waals surface area contributed by atoms with Crippen LogP contribution in [-0.4, -0.2) is 23.3 Å². The van der Waals surface area contributed by atoms with Gasteiger partial charge in [-0.25, -0.2) is 9.37 Å². The van der Waals surface area contributed by atoms with E-state index in [1.54, 1.807) is 23.1 Å². The van der Waals surface area contributed by atoms with E-state index in [0.717, 1.165) is 27.6 Å². The van der Waals surface area contributed by atoms with Crippen LogP contribution in [0.4, 0.5) is 15.8 Å². The van der Waals surface area contributed by atoms with E-state index >= 15 is 0 Å². The van der Waals surface area contributed by atoms with Gasteiger partial charge in [-0.1, -0.05) is 12.1 Å². The number of halogens is 1. The number of para-hydroxylation sites is 2. The zero-order valence-electron chi connectivity index (χ0n) is 15.9. The number of nitrogens with one attached hydrogen (secondary N) is 1. The molecule has 0 aliphatic carbocycles. The van der Waals surface area contributed by atoms with E-state index in [1.165, 1.54) is 23.5 Å². The highest BCUT2D eigenvalue weighted by atomic mass is 32.1. The van der Waals surface area contributed by atoms with Crippen LogP contribution in [0.25, 0.3) is 11.3 Å². The lowest BCUT2D eigenvalue weighted by Crippen LogP contribution is -2.25. The summed E-state index contributed by atoms with van der Waals surface area (Å²) in [7, 11) is 0. The van der Waals surface area contributed by atoms with Crippen molar-refractivity contribution in [2.75, 3.05) is 16.8 Å². The minimum atomic E-state index is -0.312. The van der Waals surface area contributed by atoms with Crippen molar-refractivity contribution in [2.24, 2.45) is 0 Å². The van der Waals surface area contributed by atoms with E-state index in [4.69, 9.17) is 0 Å². The fourth-order valence-electron chi connectivity index (χ4n) is 3.48. The molecule has 29 heavy (non-hydrogen) atoms. The van der Waals surface area contributed by atoms with Crippen LogP contribution in [0.3, 0.4) is 0 Å². The Morgan fingerprint density at radius 2 is 1.97 bits per heavy atom. The van der Waals surface area contributed by atoms with Gasteiger partial charge in [-0.05, 0) is 49.7 Å². The molecule has 0 radical (unpaired) electrons. The maximum absolute atomic E-state index is 13.2. The maximum atomic E-state index is 13.2. The molecule has 2 amide bonds. The van der Waals surface area contributed by atoms with E-state index < -0.39 is 0 Å². The molecule has 4 rings (SSSR count). The molecule has 0 bridgehead atoms. The van der Waals surface area contributed by atoms with E-state index in [1.807, 2.05) is 25.1 Å². The third kappa shape index (κ3) is 4.19. The van der Waals surface area contributed by atoms with Gasteiger partial charge in [0.2, 0.25) is 11.8 Å². The molecule has 0 atom stereocenters. The fourth-order valence-corrected chi connectivity index (χ4v) is 4.44. The molecule has 7 heteroatoms. The largest absolute Gasteiger partial charge is 0.324 e.